The van der Waals surface area contributed by atoms with Crippen molar-refractivity contribution in [1.29, 1.82) is 0 Å². The summed E-state index contributed by atoms with van der Waals surface area (Å²) in [4.78, 5) is 11.7. The Morgan fingerprint density at radius 2 is 1.81 bits per heavy atom. The van der Waals surface area contributed by atoms with Crippen molar-refractivity contribution in [3.05, 3.63) is 0 Å². The Kier molecular flexibility index (Phi) is 7.29. The molecule has 96 valence electrons. The second-order valence-corrected chi connectivity index (χ2v) is 3.82. The molecule has 0 heterocycles. The molecular weight excluding hydrogens is 208 g/mol. The molecule has 0 radical (unpaired) electrons. The van der Waals surface area contributed by atoms with E-state index in [1.807, 2.05) is 20.8 Å². The first-order valence-corrected chi connectivity index (χ1v) is 5.78. The fourth-order valence-electron chi connectivity index (χ4n) is 1.08. The van der Waals surface area contributed by atoms with Crippen molar-refractivity contribution in [2.24, 2.45) is 5.73 Å². The van der Waals surface area contributed by atoms with E-state index in [-0.39, 0.29) is 5.91 Å². The van der Waals surface area contributed by atoms with Crippen LogP contribution in [-0.2, 0) is 14.3 Å². The van der Waals surface area contributed by atoms with Crippen molar-refractivity contribution in [3.63, 3.8) is 0 Å². The summed E-state index contributed by atoms with van der Waals surface area (Å²) in [6.45, 7) is 8.77. The van der Waals surface area contributed by atoms with Gasteiger partial charge in [0.15, 0.2) is 6.29 Å². The number of hydrogen-bond donors (Lipinski definition) is 2. The van der Waals surface area contributed by atoms with Crippen molar-refractivity contribution in [2.45, 2.75) is 45.9 Å². The molecule has 0 bridgehead atoms. The Labute approximate surface area is 97.7 Å². The summed E-state index contributed by atoms with van der Waals surface area (Å²) >= 11 is 0. The molecule has 5 nitrogen and oxygen atoms in total. The third-order valence-corrected chi connectivity index (χ3v) is 2.39. The van der Waals surface area contributed by atoms with E-state index in [1.54, 1.807) is 6.92 Å². The number of nitrogens with one attached hydrogen (secondary N) is 1. The van der Waals surface area contributed by atoms with Gasteiger partial charge in [-0.2, -0.15) is 0 Å². The lowest BCUT2D eigenvalue weighted by Gasteiger charge is -2.24. The van der Waals surface area contributed by atoms with Crippen LogP contribution in [0.15, 0.2) is 0 Å². The largest absolute Gasteiger partial charge is 0.351 e. The highest BCUT2D eigenvalue weighted by Gasteiger charge is 2.26. The van der Waals surface area contributed by atoms with Gasteiger partial charge < -0.3 is 20.5 Å². The number of ether oxygens (including phenoxy) is 2. The van der Waals surface area contributed by atoms with Crippen LogP contribution < -0.4 is 11.1 Å². The van der Waals surface area contributed by atoms with Crippen LogP contribution >= 0.6 is 0 Å². The maximum Gasteiger partial charge on any atom is 0.239 e. The van der Waals surface area contributed by atoms with Gasteiger partial charge in [-0.25, -0.2) is 0 Å². The minimum Gasteiger partial charge on any atom is -0.351 e. The summed E-state index contributed by atoms with van der Waals surface area (Å²) in [5.41, 5.74) is 4.97. The Balaban J connectivity index is 4.04. The Morgan fingerprint density at radius 3 is 2.19 bits per heavy atom. The first kappa shape index (κ1) is 15.3. The average molecular weight is 232 g/mol. The van der Waals surface area contributed by atoms with Crippen LogP contribution in [0.1, 0.15) is 34.1 Å². The maximum atomic E-state index is 11.7. The monoisotopic (exact) mass is 232 g/mol. The van der Waals surface area contributed by atoms with Gasteiger partial charge in [-0.15, -0.1) is 0 Å². The molecule has 0 saturated carbocycles. The Bertz CT molecular complexity index is 201. The van der Waals surface area contributed by atoms with Crippen molar-refractivity contribution >= 4 is 5.91 Å². The molecule has 0 fully saturated rings. The molecule has 0 aliphatic rings. The van der Waals surface area contributed by atoms with E-state index < -0.39 is 11.8 Å². The lowest BCUT2D eigenvalue weighted by Crippen LogP contribution is -2.52. The third kappa shape index (κ3) is 5.44. The highest BCUT2D eigenvalue weighted by atomic mass is 16.7. The van der Waals surface area contributed by atoms with Crippen LogP contribution in [0.2, 0.25) is 0 Å². The van der Waals surface area contributed by atoms with Gasteiger partial charge in [-0.05, 0) is 27.2 Å². The number of amides is 1. The van der Waals surface area contributed by atoms with E-state index >= 15 is 0 Å². The van der Waals surface area contributed by atoms with Crippen LogP contribution in [0.3, 0.4) is 0 Å². The van der Waals surface area contributed by atoms with Gasteiger partial charge in [0.25, 0.3) is 0 Å². The minimum atomic E-state index is -0.830. The van der Waals surface area contributed by atoms with Gasteiger partial charge in [0.05, 0.1) is 12.1 Å². The van der Waals surface area contributed by atoms with Crippen LogP contribution in [0.5, 0.6) is 0 Å². The van der Waals surface area contributed by atoms with Crippen molar-refractivity contribution in [2.75, 3.05) is 19.8 Å². The first-order valence-electron chi connectivity index (χ1n) is 5.78. The highest BCUT2D eigenvalue weighted by molar-refractivity contribution is 5.85. The van der Waals surface area contributed by atoms with Gasteiger partial charge in [-0.3, -0.25) is 4.79 Å². The molecule has 0 rings (SSSR count). The molecule has 16 heavy (non-hydrogen) atoms. The highest BCUT2D eigenvalue weighted by Crippen LogP contribution is 2.04. The lowest BCUT2D eigenvalue weighted by molar-refractivity contribution is -0.142. The zero-order valence-electron chi connectivity index (χ0n) is 10.7. The second-order valence-electron chi connectivity index (χ2n) is 3.82. The van der Waals surface area contributed by atoms with Gasteiger partial charge >= 0.3 is 0 Å². The first-order chi connectivity index (χ1) is 7.47. The van der Waals surface area contributed by atoms with Gasteiger partial charge in [0, 0.05) is 13.2 Å². The Hall–Kier alpha value is -0.650. The van der Waals surface area contributed by atoms with E-state index in [2.05, 4.69) is 5.32 Å². The van der Waals surface area contributed by atoms with Crippen LogP contribution in [0, 0.1) is 0 Å². The number of carbonyl (C=O) groups excluding carboxylic acids is 1. The Morgan fingerprint density at radius 1 is 1.31 bits per heavy atom. The smallest absolute Gasteiger partial charge is 0.239 e. The summed E-state index contributed by atoms with van der Waals surface area (Å²) in [5, 5.41) is 2.73. The molecule has 0 aromatic heterocycles. The van der Waals surface area contributed by atoms with E-state index in [0.717, 1.165) is 0 Å². The van der Waals surface area contributed by atoms with Crippen LogP contribution in [0.25, 0.3) is 0 Å². The number of carbonyl (C=O) groups is 1. The zero-order valence-corrected chi connectivity index (χ0v) is 10.7. The van der Waals surface area contributed by atoms with Crippen molar-refractivity contribution in [3.8, 4) is 0 Å². The topological polar surface area (TPSA) is 73.6 Å². The summed E-state index contributed by atoms with van der Waals surface area (Å²) in [6.07, 6.45) is 0.193. The molecule has 1 unspecified atom stereocenters. The molecule has 3 N–H and O–H groups in total. The van der Waals surface area contributed by atoms with E-state index in [1.165, 1.54) is 0 Å². The molecule has 0 aliphatic heterocycles. The van der Waals surface area contributed by atoms with Crippen molar-refractivity contribution in [1.82, 2.24) is 5.32 Å². The predicted octanol–water partition coefficient (Wildman–Crippen LogP) is 0.629. The summed E-state index contributed by atoms with van der Waals surface area (Å²) in [7, 11) is 0. The summed E-state index contributed by atoms with van der Waals surface area (Å²) < 4.78 is 10.6. The minimum absolute atomic E-state index is 0.181. The molecule has 5 heteroatoms. The van der Waals surface area contributed by atoms with E-state index in [9.17, 15) is 4.79 Å². The average Bonchev–Trinajstić information content (AvgIpc) is 2.26. The fourth-order valence-corrected chi connectivity index (χ4v) is 1.08. The second kappa shape index (κ2) is 7.60. The number of rotatable bonds is 8. The summed E-state index contributed by atoms with van der Waals surface area (Å²) in [5.74, 6) is -0.181. The summed E-state index contributed by atoms with van der Waals surface area (Å²) in [6, 6.07) is 0. The van der Waals surface area contributed by atoms with E-state index in [4.69, 9.17) is 15.2 Å². The third-order valence-electron chi connectivity index (χ3n) is 2.39. The zero-order chi connectivity index (χ0) is 12.6. The SMILES string of the molecule is CCOC(CNC(=O)C(C)(N)CC)OCC. The van der Waals surface area contributed by atoms with Crippen molar-refractivity contribution < 1.29 is 14.3 Å². The standard InChI is InChI=1S/C11H24N2O3/c1-5-11(4,12)10(14)13-8-9(15-6-2)16-7-3/h9H,5-8,12H2,1-4H3,(H,13,14). The molecule has 1 amide bonds. The number of hydrogen-bond acceptors (Lipinski definition) is 4. The lowest BCUT2D eigenvalue weighted by atomic mass is 10.00. The molecular formula is C11H24N2O3. The predicted molar refractivity (Wildman–Crippen MR) is 62.9 cm³/mol. The number of nitrogens with two attached hydrogens (primary N) is 1. The van der Waals surface area contributed by atoms with E-state index in [0.29, 0.717) is 26.2 Å². The van der Waals surface area contributed by atoms with Gasteiger partial charge in [0.2, 0.25) is 5.91 Å². The molecule has 0 aliphatic carbocycles. The fraction of sp³-hybridized carbons (Fsp3) is 0.909. The molecule has 1 atom stereocenters. The molecule has 0 spiro atoms. The van der Waals surface area contributed by atoms with Crippen LogP contribution in [-0.4, -0.2) is 37.5 Å². The van der Waals surface area contributed by atoms with Gasteiger partial charge in [0.1, 0.15) is 0 Å². The quantitative estimate of drug-likeness (QED) is 0.602. The molecule has 0 saturated heterocycles. The molecule has 0 aromatic carbocycles. The van der Waals surface area contributed by atoms with Crippen LogP contribution in [0.4, 0.5) is 0 Å². The normalized spacial score (nSPS) is 14.9. The molecule has 0 aromatic rings. The van der Waals surface area contributed by atoms with Gasteiger partial charge in [-0.1, -0.05) is 6.92 Å². The maximum absolute atomic E-state index is 11.7.